The van der Waals surface area contributed by atoms with Crippen LogP contribution in [0.15, 0.2) is 12.1 Å². The first kappa shape index (κ1) is 16.9. The maximum absolute atomic E-state index is 5.64. The number of hydrogen-bond acceptors (Lipinski definition) is 4. The van der Waals surface area contributed by atoms with Crippen LogP contribution in [0.5, 0.6) is 5.88 Å². The Balaban J connectivity index is 2.40. The molecule has 0 saturated heterocycles. The lowest BCUT2D eigenvalue weighted by molar-refractivity contribution is 0.0989. The Hall–Kier alpha value is -1.13. The number of aromatic nitrogens is 1. The molecule has 0 aliphatic rings. The molecule has 0 spiro atoms. The third kappa shape index (κ3) is 7.46. The number of nitrogens with zero attached hydrogens (tertiary/aromatic N) is 1. The van der Waals surface area contributed by atoms with Gasteiger partial charge in [-0.05, 0) is 37.4 Å². The van der Waals surface area contributed by atoms with E-state index in [4.69, 9.17) is 9.47 Å². The van der Waals surface area contributed by atoms with E-state index in [1.807, 2.05) is 13.0 Å². The first-order chi connectivity index (χ1) is 9.61. The molecule has 1 N–H and O–H groups in total. The van der Waals surface area contributed by atoms with Crippen molar-refractivity contribution in [3.8, 4) is 5.88 Å². The highest BCUT2D eigenvalue weighted by Crippen LogP contribution is 2.12. The lowest BCUT2D eigenvalue weighted by Crippen LogP contribution is -2.19. The molecule has 0 unspecified atom stereocenters. The second-order valence-corrected chi connectivity index (χ2v) is 5.44. The standard InChI is InChI=1S/C16H28N2O2/c1-5-6-19-7-8-20-16-10-15(9-14(4)18-16)12-17-11-13(2)3/h9-10,13,17H,5-8,11-12H2,1-4H3. The van der Waals surface area contributed by atoms with Gasteiger partial charge in [-0.2, -0.15) is 0 Å². The van der Waals surface area contributed by atoms with Crippen LogP contribution < -0.4 is 10.1 Å². The van der Waals surface area contributed by atoms with Crippen LogP contribution >= 0.6 is 0 Å². The molecule has 0 atom stereocenters. The minimum Gasteiger partial charge on any atom is -0.475 e. The average Bonchev–Trinajstić information content (AvgIpc) is 2.37. The summed E-state index contributed by atoms with van der Waals surface area (Å²) in [6.07, 6.45) is 1.04. The molecule has 0 amide bonds. The van der Waals surface area contributed by atoms with Crippen LogP contribution in [-0.4, -0.2) is 31.3 Å². The van der Waals surface area contributed by atoms with Gasteiger partial charge in [0.1, 0.15) is 6.61 Å². The van der Waals surface area contributed by atoms with Gasteiger partial charge in [-0.25, -0.2) is 4.98 Å². The minimum atomic E-state index is 0.551. The number of ether oxygens (including phenoxy) is 2. The summed E-state index contributed by atoms with van der Waals surface area (Å²) in [6, 6.07) is 4.09. The second-order valence-electron chi connectivity index (χ2n) is 5.44. The first-order valence-corrected chi connectivity index (χ1v) is 7.50. The van der Waals surface area contributed by atoms with Crippen molar-refractivity contribution < 1.29 is 9.47 Å². The third-order valence-corrected chi connectivity index (χ3v) is 2.70. The number of nitrogens with one attached hydrogen (secondary N) is 1. The van der Waals surface area contributed by atoms with Crippen LogP contribution in [0.2, 0.25) is 0 Å². The van der Waals surface area contributed by atoms with Crippen LogP contribution in [0.4, 0.5) is 0 Å². The Morgan fingerprint density at radius 3 is 2.70 bits per heavy atom. The minimum absolute atomic E-state index is 0.551. The zero-order valence-corrected chi connectivity index (χ0v) is 13.2. The molecule has 0 aliphatic carbocycles. The van der Waals surface area contributed by atoms with E-state index in [1.165, 1.54) is 5.56 Å². The number of rotatable bonds is 10. The number of pyridine rings is 1. The van der Waals surface area contributed by atoms with Crippen molar-refractivity contribution in [2.24, 2.45) is 5.92 Å². The molecule has 1 rings (SSSR count). The molecule has 0 bridgehead atoms. The van der Waals surface area contributed by atoms with Crippen molar-refractivity contribution in [1.29, 1.82) is 0 Å². The fourth-order valence-electron chi connectivity index (χ4n) is 1.84. The highest BCUT2D eigenvalue weighted by molar-refractivity contribution is 5.24. The van der Waals surface area contributed by atoms with E-state index in [2.05, 4.69) is 37.1 Å². The largest absolute Gasteiger partial charge is 0.475 e. The van der Waals surface area contributed by atoms with Crippen LogP contribution in [0.3, 0.4) is 0 Å². The van der Waals surface area contributed by atoms with Crippen molar-refractivity contribution in [1.82, 2.24) is 10.3 Å². The summed E-state index contributed by atoms with van der Waals surface area (Å²) in [6.45, 7) is 12.3. The quantitative estimate of drug-likeness (QED) is 0.669. The summed E-state index contributed by atoms with van der Waals surface area (Å²) in [5.74, 6) is 1.34. The second kappa shape index (κ2) is 9.72. The van der Waals surface area contributed by atoms with E-state index in [1.54, 1.807) is 0 Å². The summed E-state index contributed by atoms with van der Waals surface area (Å²) in [5.41, 5.74) is 2.20. The van der Waals surface area contributed by atoms with Crippen molar-refractivity contribution in [2.75, 3.05) is 26.4 Å². The van der Waals surface area contributed by atoms with Gasteiger partial charge in [-0.15, -0.1) is 0 Å². The molecule has 1 aromatic heterocycles. The Kier molecular flexibility index (Phi) is 8.23. The maximum atomic E-state index is 5.64. The predicted molar refractivity (Wildman–Crippen MR) is 82.1 cm³/mol. The van der Waals surface area contributed by atoms with Crippen molar-refractivity contribution >= 4 is 0 Å². The van der Waals surface area contributed by atoms with Gasteiger partial charge in [0, 0.05) is 24.9 Å². The molecule has 114 valence electrons. The molecule has 4 nitrogen and oxygen atoms in total. The van der Waals surface area contributed by atoms with Gasteiger partial charge in [-0.1, -0.05) is 20.8 Å². The lowest BCUT2D eigenvalue weighted by Gasteiger charge is -2.11. The molecule has 20 heavy (non-hydrogen) atoms. The molecule has 1 heterocycles. The molecular weight excluding hydrogens is 252 g/mol. The summed E-state index contributed by atoms with van der Waals surface area (Å²) in [5, 5.41) is 3.43. The molecule has 0 fully saturated rings. The number of aryl methyl sites for hydroxylation is 1. The maximum Gasteiger partial charge on any atom is 0.213 e. The van der Waals surface area contributed by atoms with E-state index >= 15 is 0 Å². The monoisotopic (exact) mass is 280 g/mol. The van der Waals surface area contributed by atoms with Gasteiger partial charge in [0.05, 0.1) is 6.61 Å². The van der Waals surface area contributed by atoms with Gasteiger partial charge in [0.2, 0.25) is 5.88 Å². The lowest BCUT2D eigenvalue weighted by atomic mass is 10.2. The van der Waals surface area contributed by atoms with Gasteiger partial charge < -0.3 is 14.8 Å². The van der Waals surface area contributed by atoms with Gasteiger partial charge >= 0.3 is 0 Å². The van der Waals surface area contributed by atoms with Crippen molar-refractivity contribution in [2.45, 2.75) is 40.7 Å². The van der Waals surface area contributed by atoms with Crippen LogP contribution in [0.1, 0.15) is 38.4 Å². The molecule has 0 saturated carbocycles. The Labute approximate surface area is 122 Å². The fraction of sp³-hybridized carbons (Fsp3) is 0.688. The molecule has 1 aromatic rings. The van der Waals surface area contributed by atoms with E-state index in [9.17, 15) is 0 Å². The molecule has 0 radical (unpaired) electrons. The van der Waals surface area contributed by atoms with E-state index in [0.29, 0.717) is 25.0 Å². The fourth-order valence-corrected chi connectivity index (χ4v) is 1.84. The molecule has 0 aromatic carbocycles. The van der Waals surface area contributed by atoms with Crippen LogP contribution in [0, 0.1) is 12.8 Å². The Morgan fingerprint density at radius 2 is 2.00 bits per heavy atom. The highest BCUT2D eigenvalue weighted by atomic mass is 16.5. The van der Waals surface area contributed by atoms with Crippen molar-refractivity contribution in [3.63, 3.8) is 0 Å². The molecular formula is C16H28N2O2. The van der Waals surface area contributed by atoms with E-state index in [-0.39, 0.29) is 0 Å². The van der Waals surface area contributed by atoms with E-state index in [0.717, 1.165) is 31.8 Å². The summed E-state index contributed by atoms with van der Waals surface area (Å²) >= 11 is 0. The smallest absolute Gasteiger partial charge is 0.213 e. The highest BCUT2D eigenvalue weighted by Gasteiger charge is 2.02. The molecule has 4 heteroatoms. The normalized spacial score (nSPS) is 11.1. The van der Waals surface area contributed by atoms with E-state index < -0.39 is 0 Å². The summed E-state index contributed by atoms with van der Waals surface area (Å²) < 4.78 is 11.0. The molecule has 0 aliphatic heterocycles. The van der Waals surface area contributed by atoms with Gasteiger partial charge in [0.25, 0.3) is 0 Å². The zero-order chi connectivity index (χ0) is 14.8. The predicted octanol–water partition coefficient (Wildman–Crippen LogP) is 2.94. The van der Waals surface area contributed by atoms with Crippen LogP contribution in [0.25, 0.3) is 0 Å². The average molecular weight is 280 g/mol. The van der Waals surface area contributed by atoms with Crippen LogP contribution in [-0.2, 0) is 11.3 Å². The summed E-state index contributed by atoms with van der Waals surface area (Å²) in [7, 11) is 0. The van der Waals surface area contributed by atoms with Crippen molar-refractivity contribution in [3.05, 3.63) is 23.4 Å². The van der Waals surface area contributed by atoms with Gasteiger partial charge in [-0.3, -0.25) is 0 Å². The Morgan fingerprint density at radius 1 is 1.20 bits per heavy atom. The third-order valence-electron chi connectivity index (χ3n) is 2.70. The topological polar surface area (TPSA) is 43.4 Å². The SMILES string of the molecule is CCCOCCOc1cc(CNCC(C)C)cc(C)n1. The summed E-state index contributed by atoms with van der Waals surface area (Å²) in [4.78, 5) is 4.39. The van der Waals surface area contributed by atoms with Gasteiger partial charge in [0.15, 0.2) is 0 Å². The number of hydrogen-bond donors (Lipinski definition) is 1. The Bertz CT molecular complexity index is 381. The zero-order valence-electron chi connectivity index (χ0n) is 13.2. The first-order valence-electron chi connectivity index (χ1n) is 7.50.